The molecule has 1 fully saturated rings. The quantitative estimate of drug-likeness (QED) is 0.731. The lowest BCUT2D eigenvalue weighted by atomic mass is 9.98. The van der Waals surface area contributed by atoms with Crippen LogP contribution in [0.15, 0.2) is 17.5 Å². The van der Waals surface area contributed by atoms with Crippen molar-refractivity contribution >= 4 is 23.4 Å². The summed E-state index contributed by atoms with van der Waals surface area (Å²) in [5.41, 5.74) is 0. The average molecular weight is 339 g/mol. The SMILES string of the molecule is CC(=O)O[C@@H](CCN(C)C(=O)OC1CCCCC1)c1cccs1. The van der Waals surface area contributed by atoms with Gasteiger partial charge < -0.3 is 14.4 Å². The van der Waals surface area contributed by atoms with Gasteiger partial charge in [0.25, 0.3) is 0 Å². The lowest BCUT2D eigenvalue weighted by Crippen LogP contribution is -2.33. The Labute approximate surface area is 141 Å². The van der Waals surface area contributed by atoms with Crippen LogP contribution in [0, 0.1) is 0 Å². The Balaban J connectivity index is 1.81. The molecule has 0 N–H and O–H groups in total. The second kappa shape index (κ2) is 8.91. The lowest BCUT2D eigenvalue weighted by molar-refractivity contribution is -0.147. The molecular weight excluding hydrogens is 314 g/mol. The van der Waals surface area contributed by atoms with E-state index >= 15 is 0 Å². The number of esters is 1. The largest absolute Gasteiger partial charge is 0.457 e. The van der Waals surface area contributed by atoms with Crippen LogP contribution in [-0.4, -0.2) is 36.7 Å². The third kappa shape index (κ3) is 5.86. The van der Waals surface area contributed by atoms with Crippen LogP contribution < -0.4 is 0 Å². The topological polar surface area (TPSA) is 55.8 Å². The van der Waals surface area contributed by atoms with Crippen molar-refractivity contribution in [2.24, 2.45) is 0 Å². The summed E-state index contributed by atoms with van der Waals surface area (Å²) in [6, 6.07) is 3.87. The van der Waals surface area contributed by atoms with Gasteiger partial charge in [0.2, 0.25) is 0 Å². The van der Waals surface area contributed by atoms with E-state index in [9.17, 15) is 9.59 Å². The highest BCUT2D eigenvalue weighted by atomic mass is 32.1. The molecule has 2 rings (SSSR count). The minimum Gasteiger partial charge on any atom is -0.457 e. The van der Waals surface area contributed by atoms with E-state index in [4.69, 9.17) is 9.47 Å². The van der Waals surface area contributed by atoms with Gasteiger partial charge in [-0.25, -0.2) is 4.79 Å². The van der Waals surface area contributed by atoms with Gasteiger partial charge in [-0.1, -0.05) is 12.5 Å². The molecule has 128 valence electrons. The first kappa shape index (κ1) is 17.8. The summed E-state index contributed by atoms with van der Waals surface area (Å²) in [6.07, 6.45) is 5.45. The summed E-state index contributed by atoms with van der Waals surface area (Å²) in [7, 11) is 1.73. The molecule has 0 unspecified atom stereocenters. The summed E-state index contributed by atoms with van der Waals surface area (Å²) >= 11 is 1.55. The molecule has 1 aliphatic carbocycles. The number of ether oxygens (including phenoxy) is 2. The predicted octanol–water partition coefficient (Wildman–Crippen LogP) is 4.14. The maximum Gasteiger partial charge on any atom is 0.409 e. The smallest absolute Gasteiger partial charge is 0.409 e. The molecule has 1 aromatic heterocycles. The number of carbonyl (C=O) groups is 2. The van der Waals surface area contributed by atoms with Gasteiger partial charge in [0.1, 0.15) is 12.2 Å². The van der Waals surface area contributed by atoms with Crippen molar-refractivity contribution in [1.82, 2.24) is 4.90 Å². The first-order valence-electron chi connectivity index (χ1n) is 8.18. The van der Waals surface area contributed by atoms with E-state index in [-0.39, 0.29) is 24.3 Å². The van der Waals surface area contributed by atoms with E-state index in [0.717, 1.165) is 30.6 Å². The number of amides is 1. The molecule has 5 nitrogen and oxygen atoms in total. The van der Waals surface area contributed by atoms with Crippen molar-refractivity contribution < 1.29 is 19.1 Å². The van der Waals surface area contributed by atoms with Crippen LogP contribution in [0.4, 0.5) is 4.79 Å². The summed E-state index contributed by atoms with van der Waals surface area (Å²) in [4.78, 5) is 26.0. The van der Waals surface area contributed by atoms with Crippen molar-refractivity contribution in [3.05, 3.63) is 22.4 Å². The van der Waals surface area contributed by atoms with Crippen LogP contribution in [-0.2, 0) is 14.3 Å². The Kier molecular flexibility index (Phi) is 6.89. The average Bonchev–Trinajstić information content (AvgIpc) is 3.06. The molecule has 23 heavy (non-hydrogen) atoms. The molecule has 0 spiro atoms. The third-order valence-corrected chi connectivity index (χ3v) is 4.99. The number of rotatable bonds is 6. The van der Waals surface area contributed by atoms with Crippen LogP contribution in [0.3, 0.4) is 0 Å². The molecular formula is C17H25NO4S. The monoisotopic (exact) mass is 339 g/mol. The van der Waals surface area contributed by atoms with E-state index in [1.807, 2.05) is 17.5 Å². The molecule has 0 radical (unpaired) electrons. The zero-order chi connectivity index (χ0) is 16.7. The number of nitrogens with zero attached hydrogens (tertiary/aromatic N) is 1. The van der Waals surface area contributed by atoms with Gasteiger partial charge in [-0.05, 0) is 37.1 Å². The fourth-order valence-corrected chi connectivity index (χ4v) is 3.54. The number of hydrogen-bond acceptors (Lipinski definition) is 5. The Hall–Kier alpha value is -1.56. The van der Waals surface area contributed by atoms with Gasteiger partial charge in [-0.2, -0.15) is 0 Å². The Morgan fingerprint density at radius 3 is 2.70 bits per heavy atom. The summed E-state index contributed by atoms with van der Waals surface area (Å²) in [6.45, 7) is 1.89. The van der Waals surface area contributed by atoms with Crippen molar-refractivity contribution in [1.29, 1.82) is 0 Å². The summed E-state index contributed by atoms with van der Waals surface area (Å²) in [5.74, 6) is -0.309. The van der Waals surface area contributed by atoms with Crippen LogP contribution in [0.25, 0.3) is 0 Å². The summed E-state index contributed by atoms with van der Waals surface area (Å²) < 4.78 is 10.9. The van der Waals surface area contributed by atoms with Crippen molar-refractivity contribution in [3.8, 4) is 0 Å². The van der Waals surface area contributed by atoms with Gasteiger partial charge in [0.05, 0.1) is 0 Å². The summed E-state index contributed by atoms with van der Waals surface area (Å²) in [5, 5.41) is 1.95. The highest BCUT2D eigenvalue weighted by molar-refractivity contribution is 7.10. The maximum atomic E-state index is 12.1. The molecule has 1 atom stereocenters. The molecule has 0 saturated heterocycles. The van der Waals surface area contributed by atoms with Gasteiger partial charge in [0, 0.05) is 31.8 Å². The van der Waals surface area contributed by atoms with Crippen LogP contribution in [0.2, 0.25) is 0 Å². The Bertz CT molecular complexity index is 497. The van der Waals surface area contributed by atoms with Crippen LogP contribution >= 0.6 is 11.3 Å². The van der Waals surface area contributed by atoms with E-state index in [1.165, 1.54) is 13.3 Å². The lowest BCUT2D eigenvalue weighted by Gasteiger charge is -2.26. The van der Waals surface area contributed by atoms with Gasteiger partial charge >= 0.3 is 12.1 Å². The molecule has 0 aliphatic heterocycles. The Morgan fingerprint density at radius 2 is 2.09 bits per heavy atom. The van der Waals surface area contributed by atoms with E-state index in [2.05, 4.69) is 0 Å². The maximum absolute atomic E-state index is 12.1. The highest BCUT2D eigenvalue weighted by Crippen LogP contribution is 2.26. The van der Waals surface area contributed by atoms with Gasteiger partial charge in [0.15, 0.2) is 0 Å². The second-order valence-electron chi connectivity index (χ2n) is 5.97. The minimum absolute atomic E-state index is 0.0558. The standard InChI is InChI=1S/C17H25NO4S/c1-13(19)21-15(16-9-6-12-23-16)10-11-18(2)17(20)22-14-7-4-3-5-8-14/h6,9,12,14-15H,3-5,7-8,10-11H2,1-2H3/t15-/m0/s1. The zero-order valence-corrected chi connectivity index (χ0v) is 14.6. The Morgan fingerprint density at radius 1 is 1.35 bits per heavy atom. The van der Waals surface area contributed by atoms with E-state index in [1.54, 1.807) is 23.3 Å². The third-order valence-electron chi connectivity index (χ3n) is 4.03. The van der Waals surface area contributed by atoms with Crippen molar-refractivity contribution in [3.63, 3.8) is 0 Å². The fraction of sp³-hybridized carbons (Fsp3) is 0.647. The molecule has 1 saturated carbocycles. The van der Waals surface area contributed by atoms with Gasteiger partial charge in [-0.3, -0.25) is 4.79 Å². The van der Waals surface area contributed by atoms with Crippen LogP contribution in [0.5, 0.6) is 0 Å². The molecule has 1 heterocycles. The molecule has 1 amide bonds. The van der Waals surface area contributed by atoms with Crippen molar-refractivity contribution in [2.75, 3.05) is 13.6 Å². The van der Waals surface area contributed by atoms with Crippen LogP contribution in [0.1, 0.15) is 56.4 Å². The molecule has 1 aliphatic rings. The van der Waals surface area contributed by atoms with Crippen molar-refractivity contribution in [2.45, 2.75) is 57.7 Å². The molecule has 6 heteroatoms. The molecule has 0 aromatic carbocycles. The number of carbonyl (C=O) groups excluding carboxylic acids is 2. The highest BCUT2D eigenvalue weighted by Gasteiger charge is 2.22. The van der Waals surface area contributed by atoms with Gasteiger partial charge in [-0.15, -0.1) is 11.3 Å². The normalized spacial score (nSPS) is 16.6. The van der Waals surface area contributed by atoms with E-state index < -0.39 is 0 Å². The number of thiophene rings is 1. The number of hydrogen-bond donors (Lipinski definition) is 0. The first-order chi connectivity index (χ1) is 11.1. The second-order valence-corrected chi connectivity index (χ2v) is 6.95. The minimum atomic E-state index is -0.309. The molecule has 1 aromatic rings. The first-order valence-corrected chi connectivity index (χ1v) is 9.06. The fourth-order valence-electron chi connectivity index (χ4n) is 2.75. The van der Waals surface area contributed by atoms with E-state index in [0.29, 0.717) is 13.0 Å². The zero-order valence-electron chi connectivity index (χ0n) is 13.8. The molecule has 0 bridgehead atoms. The predicted molar refractivity (Wildman–Crippen MR) is 89.4 cm³/mol.